The van der Waals surface area contributed by atoms with Gasteiger partial charge in [-0.3, -0.25) is 9.69 Å². The summed E-state index contributed by atoms with van der Waals surface area (Å²) in [5, 5.41) is 1.73. The molecule has 1 aliphatic rings. The molecule has 1 fully saturated rings. The minimum absolute atomic E-state index is 0.0336. The van der Waals surface area contributed by atoms with Crippen LogP contribution in [0.2, 0.25) is 25.7 Å². The summed E-state index contributed by atoms with van der Waals surface area (Å²) in [6.07, 6.45) is 7.91. The average molecular weight is 489 g/mol. The van der Waals surface area contributed by atoms with E-state index in [9.17, 15) is 4.79 Å². The molecule has 0 atom stereocenters. The molecule has 0 N–H and O–H groups in total. The Hall–Kier alpha value is -2.74. The fourth-order valence-corrected chi connectivity index (χ4v) is 5.80. The Morgan fingerprint density at radius 3 is 2.51 bits per heavy atom. The Balaban J connectivity index is 1.37. The number of benzene rings is 1. The second kappa shape index (κ2) is 10.1. The summed E-state index contributed by atoms with van der Waals surface area (Å²) in [4.78, 5) is 19.9. The zero-order chi connectivity index (χ0) is 24.4. The highest BCUT2D eigenvalue weighted by Crippen LogP contribution is 2.30. The van der Waals surface area contributed by atoms with Gasteiger partial charge in [0.15, 0.2) is 5.43 Å². The third-order valence-electron chi connectivity index (χ3n) is 7.10. The summed E-state index contributed by atoms with van der Waals surface area (Å²) in [7, 11) is -1.12. The van der Waals surface area contributed by atoms with Gasteiger partial charge in [0.05, 0.1) is 10.9 Å². The average Bonchev–Trinajstić information content (AvgIpc) is 3.26. The van der Waals surface area contributed by atoms with Crippen LogP contribution in [0.25, 0.3) is 21.9 Å². The molecule has 5 rings (SSSR count). The first kappa shape index (κ1) is 24.0. The van der Waals surface area contributed by atoms with E-state index in [4.69, 9.17) is 4.74 Å². The van der Waals surface area contributed by atoms with Crippen LogP contribution in [0.4, 0.5) is 0 Å². The monoisotopic (exact) mass is 488 g/mol. The molecular weight excluding hydrogens is 452 g/mol. The van der Waals surface area contributed by atoms with Crippen LogP contribution < -0.4 is 5.43 Å². The van der Waals surface area contributed by atoms with Crippen LogP contribution in [-0.4, -0.2) is 46.8 Å². The third kappa shape index (κ3) is 5.42. The van der Waals surface area contributed by atoms with E-state index in [1.54, 1.807) is 12.3 Å². The first-order valence-electron chi connectivity index (χ1n) is 12.7. The lowest BCUT2D eigenvalue weighted by atomic mass is 10.0. The molecule has 4 heterocycles. The van der Waals surface area contributed by atoms with Crippen LogP contribution in [0.5, 0.6) is 0 Å². The van der Waals surface area contributed by atoms with E-state index in [0.29, 0.717) is 18.2 Å². The largest absolute Gasteiger partial charge is 0.361 e. The molecule has 3 aromatic heterocycles. The minimum atomic E-state index is -1.12. The Bertz CT molecular complexity index is 1350. The van der Waals surface area contributed by atoms with Gasteiger partial charge < -0.3 is 13.9 Å². The van der Waals surface area contributed by atoms with Crippen LogP contribution in [0, 0.1) is 0 Å². The van der Waals surface area contributed by atoms with Crippen molar-refractivity contribution >= 4 is 30.0 Å². The first-order chi connectivity index (χ1) is 16.9. The predicted octanol–water partition coefficient (Wildman–Crippen LogP) is 5.50. The predicted molar refractivity (Wildman–Crippen MR) is 146 cm³/mol. The number of pyridine rings is 2. The van der Waals surface area contributed by atoms with Crippen molar-refractivity contribution < 1.29 is 4.74 Å². The fraction of sp³-hybridized carbons (Fsp3) is 0.429. The first-order valence-corrected chi connectivity index (χ1v) is 16.4. The smallest absolute Gasteiger partial charge is 0.190 e. The van der Waals surface area contributed by atoms with Crippen molar-refractivity contribution in [2.75, 3.05) is 19.7 Å². The normalized spacial score (nSPS) is 15.9. The maximum Gasteiger partial charge on any atom is 0.190 e. The van der Waals surface area contributed by atoms with Gasteiger partial charge in [-0.1, -0.05) is 50.0 Å². The van der Waals surface area contributed by atoms with E-state index in [1.165, 1.54) is 5.56 Å². The summed E-state index contributed by atoms with van der Waals surface area (Å²) < 4.78 is 10.4. The molecule has 0 amide bonds. The lowest BCUT2D eigenvalue weighted by Crippen LogP contribution is -2.34. The van der Waals surface area contributed by atoms with E-state index in [-0.39, 0.29) is 5.43 Å². The highest BCUT2D eigenvalue weighted by molar-refractivity contribution is 6.76. The number of hydrogen-bond acceptors (Lipinski definition) is 4. The zero-order valence-electron chi connectivity index (χ0n) is 21.1. The van der Waals surface area contributed by atoms with Gasteiger partial charge >= 0.3 is 0 Å². The topological polar surface area (TPSA) is 52.3 Å². The van der Waals surface area contributed by atoms with Crippen LogP contribution in [0.3, 0.4) is 0 Å². The number of aromatic nitrogens is 3. The van der Waals surface area contributed by atoms with Crippen molar-refractivity contribution in [2.24, 2.45) is 0 Å². The standard InChI is InChI=1S/C28H36N4O2Si/c1-35(2,3)18-17-34-21-31-15-11-24-27-25(19-29-28(24)31)26(33)12-16-32(27)23-9-13-30(14-10-23)20-22-7-5-4-6-8-22/h4-8,11-12,15-16,19,23H,9-10,13-14,17-18,20-21H2,1-3H3. The van der Waals surface area contributed by atoms with E-state index in [2.05, 4.69) is 75.1 Å². The molecule has 184 valence electrons. The lowest BCUT2D eigenvalue weighted by Gasteiger charge is -2.34. The SMILES string of the molecule is C[Si](C)(C)CCOCn1ccc2c1ncc1c(=O)ccn(C3CCN(Cc4ccccc4)CC3)c12. The number of ether oxygens (including phenoxy) is 1. The number of piperidine rings is 1. The molecule has 35 heavy (non-hydrogen) atoms. The van der Waals surface area contributed by atoms with Crippen LogP contribution in [-0.2, 0) is 18.0 Å². The Kier molecular flexibility index (Phi) is 6.91. The maximum atomic E-state index is 12.7. The van der Waals surface area contributed by atoms with Crippen molar-refractivity contribution in [2.45, 2.75) is 57.8 Å². The molecule has 1 saturated heterocycles. The Morgan fingerprint density at radius 1 is 1.00 bits per heavy atom. The second-order valence-corrected chi connectivity index (χ2v) is 16.6. The number of hydrogen-bond donors (Lipinski definition) is 0. The van der Waals surface area contributed by atoms with Crippen molar-refractivity contribution in [3.05, 3.63) is 76.8 Å². The molecule has 1 aromatic carbocycles. The maximum absolute atomic E-state index is 12.7. The van der Waals surface area contributed by atoms with Gasteiger partial charge in [-0.2, -0.15) is 0 Å². The molecule has 0 radical (unpaired) electrons. The fourth-order valence-electron chi connectivity index (χ4n) is 5.04. The van der Waals surface area contributed by atoms with E-state index >= 15 is 0 Å². The van der Waals surface area contributed by atoms with Gasteiger partial charge in [-0.25, -0.2) is 4.98 Å². The highest BCUT2D eigenvalue weighted by atomic mass is 28.3. The van der Waals surface area contributed by atoms with Gasteiger partial charge in [-0.15, -0.1) is 0 Å². The van der Waals surface area contributed by atoms with Crippen LogP contribution >= 0.6 is 0 Å². The summed E-state index contributed by atoms with van der Waals surface area (Å²) in [5.41, 5.74) is 3.28. The second-order valence-electron chi connectivity index (χ2n) is 11.0. The minimum Gasteiger partial charge on any atom is -0.361 e. The molecule has 7 heteroatoms. The van der Waals surface area contributed by atoms with Gasteiger partial charge in [0.25, 0.3) is 0 Å². The summed E-state index contributed by atoms with van der Waals surface area (Å²) >= 11 is 0. The summed E-state index contributed by atoms with van der Waals surface area (Å²) in [5.74, 6) is 0. The molecule has 0 spiro atoms. The van der Waals surface area contributed by atoms with Crippen LogP contribution in [0.1, 0.15) is 24.4 Å². The third-order valence-corrected chi connectivity index (χ3v) is 8.80. The van der Waals surface area contributed by atoms with Crippen molar-refractivity contribution in [3.63, 3.8) is 0 Å². The van der Waals surface area contributed by atoms with Gasteiger partial charge in [-0.05, 0) is 30.5 Å². The number of rotatable bonds is 8. The van der Waals surface area contributed by atoms with E-state index in [0.717, 1.165) is 61.7 Å². The van der Waals surface area contributed by atoms with E-state index < -0.39 is 8.07 Å². The van der Waals surface area contributed by atoms with Gasteiger partial charge in [0.1, 0.15) is 12.4 Å². The van der Waals surface area contributed by atoms with Crippen molar-refractivity contribution in [1.29, 1.82) is 0 Å². The zero-order valence-corrected chi connectivity index (χ0v) is 22.1. The lowest BCUT2D eigenvalue weighted by molar-refractivity contribution is 0.0899. The van der Waals surface area contributed by atoms with Crippen molar-refractivity contribution in [3.8, 4) is 0 Å². The number of nitrogens with zero attached hydrogens (tertiary/aromatic N) is 4. The van der Waals surface area contributed by atoms with Gasteiger partial charge in [0.2, 0.25) is 0 Å². The Morgan fingerprint density at radius 2 is 1.77 bits per heavy atom. The molecule has 6 nitrogen and oxygen atoms in total. The van der Waals surface area contributed by atoms with Gasteiger partial charge in [0, 0.05) is 70.4 Å². The molecule has 4 aromatic rings. The molecular formula is C28H36N4O2Si. The Labute approximate surface area is 208 Å². The number of likely N-dealkylation sites (tertiary alicyclic amines) is 1. The van der Waals surface area contributed by atoms with Crippen LogP contribution in [0.15, 0.2) is 65.8 Å². The molecule has 0 unspecified atom stereocenters. The molecule has 0 bridgehead atoms. The highest BCUT2D eigenvalue weighted by Gasteiger charge is 2.23. The molecule has 0 saturated carbocycles. The van der Waals surface area contributed by atoms with Crippen molar-refractivity contribution in [1.82, 2.24) is 19.0 Å². The summed E-state index contributed by atoms with van der Waals surface area (Å²) in [6, 6.07) is 16.0. The van der Waals surface area contributed by atoms with E-state index in [1.807, 2.05) is 12.4 Å². The quantitative estimate of drug-likeness (QED) is 0.243. The molecule has 1 aliphatic heterocycles. The summed E-state index contributed by atoms with van der Waals surface area (Å²) in [6.45, 7) is 11.4. The number of fused-ring (bicyclic) bond motifs is 3. The molecule has 0 aliphatic carbocycles.